The molecule has 3 saturated carbocycles. The van der Waals surface area contributed by atoms with E-state index in [-0.39, 0.29) is 41.5 Å². The molecule has 0 aromatic heterocycles. The molecule has 1 aromatic rings. The smallest absolute Gasteiger partial charge is 0.404 e. The zero-order valence-corrected chi connectivity index (χ0v) is 22.0. The predicted molar refractivity (Wildman–Crippen MR) is 135 cm³/mol. The summed E-state index contributed by atoms with van der Waals surface area (Å²) < 4.78 is 18.1. The molecule has 0 radical (unpaired) electrons. The zero-order valence-electron chi connectivity index (χ0n) is 22.0. The number of benzene rings is 1. The van der Waals surface area contributed by atoms with Crippen LogP contribution in [0, 0.1) is 23.2 Å². The third-order valence-electron chi connectivity index (χ3n) is 8.56. The van der Waals surface area contributed by atoms with Gasteiger partial charge in [0.25, 0.3) is 0 Å². The van der Waals surface area contributed by atoms with Gasteiger partial charge in [0.2, 0.25) is 11.8 Å². The van der Waals surface area contributed by atoms with Crippen LogP contribution in [0.5, 0.6) is 0 Å². The maximum absolute atomic E-state index is 13.5. The van der Waals surface area contributed by atoms with Crippen molar-refractivity contribution in [3.8, 4) is 0 Å². The fourth-order valence-corrected chi connectivity index (χ4v) is 6.53. The van der Waals surface area contributed by atoms with Crippen LogP contribution in [0.3, 0.4) is 0 Å². The van der Waals surface area contributed by atoms with Crippen LogP contribution >= 0.6 is 0 Å². The summed E-state index contributed by atoms with van der Waals surface area (Å²) in [5.41, 5.74) is 0.894. The van der Waals surface area contributed by atoms with Gasteiger partial charge in [-0.05, 0) is 54.9 Å². The predicted octanol–water partition coefficient (Wildman–Crippen LogP) is 3.16. The van der Waals surface area contributed by atoms with Crippen LogP contribution < -0.4 is 10.6 Å². The van der Waals surface area contributed by atoms with Crippen LogP contribution in [-0.4, -0.2) is 56.3 Å². The second-order valence-corrected chi connectivity index (χ2v) is 11.8. The summed E-state index contributed by atoms with van der Waals surface area (Å²) in [5, 5.41) is 6.03. The van der Waals surface area contributed by atoms with Gasteiger partial charge < -0.3 is 24.7 Å². The fourth-order valence-electron chi connectivity index (χ4n) is 6.53. The highest BCUT2D eigenvalue weighted by Crippen LogP contribution is 2.65. The maximum atomic E-state index is 13.5. The molecular formula is C27H41BN2O5. The lowest BCUT2D eigenvalue weighted by Gasteiger charge is -2.64. The number of nitrogens with one attached hydrogen (secondary N) is 2. The summed E-state index contributed by atoms with van der Waals surface area (Å²) in [6.45, 7) is 11.0. The van der Waals surface area contributed by atoms with Gasteiger partial charge in [-0.2, -0.15) is 0 Å². The first kappa shape index (κ1) is 26.2. The van der Waals surface area contributed by atoms with Crippen molar-refractivity contribution in [2.45, 2.75) is 84.0 Å². The highest BCUT2D eigenvalue weighted by atomic mass is 16.7. The van der Waals surface area contributed by atoms with E-state index in [0.717, 1.165) is 18.4 Å². The van der Waals surface area contributed by atoms with Gasteiger partial charge in [-0.3, -0.25) is 9.59 Å². The number of hydrogen-bond donors (Lipinski definition) is 2. The van der Waals surface area contributed by atoms with Crippen LogP contribution in [0.1, 0.15) is 59.4 Å². The van der Waals surface area contributed by atoms with Gasteiger partial charge in [-0.1, -0.05) is 58.0 Å². The molecule has 2 amide bonds. The Morgan fingerprint density at radius 3 is 2.49 bits per heavy atom. The first-order valence-corrected chi connectivity index (χ1v) is 13.0. The average molecular weight is 484 g/mol. The van der Waals surface area contributed by atoms with Crippen molar-refractivity contribution >= 4 is 18.9 Å². The molecule has 3 aliphatic carbocycles. The minimum Gasteiger partial charge on any atom is -0.404 e. The van der Waals surface area contributed by atoms with Crippen molar-refractivity contribution in [3.05, 3.63) is 35.9 Å². The lowest BCUT2D eigenvalue weighted by Crippen LogP contribution is -2.65. The Bertz CT molecular complexity index is 910. The van der Waals surface area contributed by atoms with Gasteiger partial charge >= 0.3 is 7.12 Å². The number of rotatable bonds is 10. The molecule has 5 rings (SSSR count). The minimum atomic E-state index is -0.722. The van der Waals surface area contributed by atoms with Gasteiger partial charge in [0, 0.05) is 13.5 Å². The summed E-state index contributed by atoms with van der Waals surface area (Å²) in [4.78, 5) is 25.8. The van der Waals surface area contributed by atoms with Crippen molar-refractivity contribution < 1.29 is 23.6 Å². The molecule has 1 heterocycles. The number of hydrogen-bond acceptors (Lipinski definition) is 5. The Labute approximate surface area is 210 Å². The van der Waals surface area contributed by atoms with Crippen molar-refractivity contribution in [2.24, 2.45) is 23.2 Å². The first-order valence-electron chi connectivity index (χ1n) is 13.0. The highest BCUT2D eigenvalue weighted by Gasteiger charge is 2.68. The van der Waals surface area contributed by atoms with Gasteiger partial charge in [-0.25, -0.2) is 0 Å². The van der Waals surface area contributed by atoms with Crippen LogP contribution in [0.15, 0.2) is 30.3 Å². The number of carbonyl (C=O) groups is 2. The summed E-state index contributed by atoms with van der Waals surface area (Å²) in [5.74, 6) is 0.598. The van der Waals surface area contributed by atoms with Crippen LogP contribution in [-0.2, 0) is 30.1 Å². The Kier molecular flexibility index (Phi) is 7.65. The third-order valence-corrected chi connectivity index (χ3v) is 8.56. The molecule has 1 saturated heterocycles. The standard InChI is InChI=1S/C27H41BN2O5/c1-17(2)12-23(28-34-22-15-19-14-21(26(19,3)4)27(22,5)35-28)30-25(32)20(29-24(31)16-33-6)13-18-10-8-7-9-11-18/h7-11,17,19-23H,12-16H2,1-6H3,(H,29,31)(H,30,32)/t19-,20-,21-,22+,23-,27-/m0/s1. The van der Waals surface area contributed by atoms with Crippen molar-refractivity contribution in [3.63, 3.8) is 0 Å². The molecular weight excluding hydrogens is 443 g/mol. The molecule has 2 bridgehead atoms. The van der Waals surface area contributed by atoms with E-state index in [9.17, 15) is 9.59 Å². The first-order chi connectivity index (χ1) is 16.5. The van der Waals surface area contributed by atoms with Crippen LogP contribution in [0.25, 0.3) is 0 Å². The number of carbonyl (C=O) groups excluding carboxylic acids is 2. The maximum Gasteiger partial charge on any atom is 0.481 e. The molecule has 35 heavy (non-hydrogen) atoms. The molecule has 6 atom stereocenters. The second-order valence-electron chi connectivity index (χ2n) is 11.8. The molecule has 2 N–H and O–H groups in total. The van der Waals surface area contributed by atoms with Gasteiger partial charge in [0.05, 0.1) is 17.6 Å². The zero-order chi connectivity index (χ0) is 25.4. The van der Waals surface area contributed by atoms with Crippen molar-refractivity contribution in [2.75, 3.05) is 13.7 Å². The number of amides is 2. The molecule has 4 aliphatic rings. The normalized spacial score (nSPS) is 30.3. The molecule has 1 aliphatic heterocycles. The van der Waals surface area contributed by atoms with E-state index in [1.807, 2.05) is 30.3 Å². The second kappa shape index (κ2) is 10.2. The van der Waals surface area contributed by atoms with Crippen molar-refractivity contribution in [1.82, 2.24) is 10.6 Å². The van der Waals surface area contributed by atoms with Gasteiger partial charge in [0.15, 0.2) is 0 Å². The van der Waals surface area contributed by atoms with E-state index in [4.69, 9.17) is 14.0 Å². The molecule has 8 heteroatoms. The lowest BCUT2D eigenvalue weighted by molar-refractivity contribution is -0.199. The van der Waals surface area contributed by atoms with Gasteiger partial charge in [0.1, 0.15) is 12.6 Å². The topological polar surface area (TPSA) is 85.9 Å². The Morgan fingerprint density at radius 2 is 1.86 bits per heavy atom. The van der Waals surface area contributed by atoms with E-state index in [1.54, 1.807) is 0 Å². The van der Waals surface area contributed by atoms with E-state index < -0.39 is 13.2 Å². The van der Waals surface area contributed by atoms with E-state index in [2.05, 4.69) is 45.3 Å². The summed E-state index contributed by atoms with van der Waals surface area (Å²) in [6.07, 6.45) is 3.35. The molecule has 0 spiro atoms. The van der Waals surface area contributed by atoms with Crippen LogP contribution in [0.4, 0.5) is 0 Å². The van der Waals surface area contributed by atoms with E-state index in [1.165, 1.54) is 13.5 Å². The SMILES string of the molecule is COCC(=O)N[C@@H](Cc1ccccc1)C(=O)N[C@@H](CC(C)C)B1O[C@@H]2C[C@@H]3C[C@@H](C3(C)C)[C@]2(C)O1. The molecule has 1 aromatic carbocycles. The van der Waals surface area contributed by atoms with Crippen LogP contribution in [0.2, 0.25) is 0 Å². The minimum absolute atomic E-state index is 0.0531. The largest absolute Gasteiger partial charge is 0.481 e. The van der Waals surface area contributed by atoms with E-state index in [0.29, 0.717) is 24.2 Å². The highest BCUT2D eigenvalue weighted by molar-refractivity contribution is 6.48. The van der Waals surface area contributed by atoms with Crippen molar-refractivity contribution in [1.29, 1.82) is 0 Å². The fraction of sp³-hybridized carbons (Fsp3) is 0.704. The van der Waals surface area contributed by atoms with E-state index >= 15 is 0 Å². The Hall–Kier alpha value is -1.90. The number of methoxy groups -OCH3 is 1. The summed E-state index contributed by atoms with van der Waals surface area (Å²) in [7, 11) is 0.962. The molecule has 4 fully saturated rings. The lowest BCUT2D eigenvalue weighted by atomic mass is 9.43. The summed E-state index contributed by atoms with van der Waals surface area (Å²) in [6, 6.07) is 8.98. The Morgan fingerprint density at radius 1 is 1.14 bits per heavy atom. The third kappa shape index (κ3) is 5.30. The quantitative estimate of drug-likeness (QED) is 0.499. The molecule has 192 valence electrons. The van der Waals surface area contributed by atoms with Gasteiger partial charge in [-0.15, -0.1) is 0 Å². The molecule has 0 unspecified atom stereocenters. The Balaban J connectivity index is 1.49. The average Bonchev–Trinajstić information content (AvgIpc) is 3.16. The summed E-state index contributed by atoms with van der Waals surface area (Å²) >= 11 is 0. The monoisotopic (exact) mass is 484 g/mol. The number of ether oxygens (including phenoxy) is 1. The molecule has 7 nitrogen and oxygen atoms in total.